The van der Waals surface area contributed by atoms with E-state index in [9.17, 15) is 9.90 Å². The van der Waals surface area contributed by atoms with Gasteiger partial charge in [-0.15, -0.1) is 5.10 Å². The predicted octanol–water partition coefficient (Wildman–Crippen LogP) is 4.20. The summed E-state index contributed by atoms with van der Waals surface area (Å²) in [6, 6.07) is 11.2. The van der Waals surface area contributed by atoms with Gasteiger partial charge >= 0.3 is 0 Å². The van der Waals surface area contributed by atoms with Crippen LogP contribution in [0, 0.1) is 0 Å². The number of carbonyl (C=O) groups excluding carboxylic acids is 1. The lowest BCUT2D eigenvalue weighted by Gasteiger charge is -2.28. The van der Waals surface area contributed by atoms with Gasteiger partial charge in [-0.1, -0.05) is 35.3 Å². The second-order valence-electron chi connectivity index (χ2n) is 7.17. The number of nitrogens with one attached hydrogen (secondary N) is 1. The van der Waals surface area contributed by atoms with Crippen LogP contribution >= 0.6 is 23.2 Å². The molecule has 7 nitrogen and oxygen atoms in total. The Balaban J connectivity index is 1.38. The number of hydrogen-bond acceptors (Lipinski definition) is 5. The third kappa shape index (κ3) is 4.52. The molecule has 0 aliphatic carbocycles. The molecule has 1 amide bonds. The van der Waals surface area contributed by atoms with Gasteiger partial charge < -0.3 is 15.3 Å². The lowest BCUT2D eigenvalue weighted by Crippen LogP contribution is -2.29. The lowest BCUT2D eigenvalue weighted by molar-refractivity contribution is 0.0940. The van der Waals surface area contributed by atoms with Crippen molar-refractivity contribution in [2.24, 2.45) is 0 Å². The molecule has 9 heteroatoms. The molecule has 2 heterocycles. The van der Waals surface area contributed by atoms with Crippen LogP contribution in [-0.4, -0.2) is 38.9 Å². The molecule has 3 aromatic rings. The average molecular weight is 446 g/mol. The molecule has 1 fully saturated rings. The van der Waals surface area contributed by atoms with Crippen LogP contribution in [0.4, 0.5) is 5.69 Å². The van der Waals surface area contributed by atoms with Gasteiger partial charge in [0.1, 0.15) is 6.33 Å². The summed E-state index contributed by atoms with van der Waals surface area (Å²) in [4.78, 5) is 18.9. The van der Waals surface area contributed by atoms with Crippen LogP contribution in [-0.2, 0) is 6.54 Å². The maximum Gasteiger partial charge on any atom is 0.291 e. The fraction of sp³-hybridized carbons (Fsp3) is 0.286. The predicted molar refractivity (Wildman–Crippen MR) is 117 cm³/mol. The summed E-state index contributed by atoms with van der Waals surface area (Å²) in [5.74, 6) is -0.559. The van der Waals surface area contributed by atoms with E-state index < -0.39 is 0 Å². The third-order valence-electron chi connectivity index (χ3n) is 5.07. The zero-order valence-electron chi connectivity index (χ0n) is 16.2. The van der Waals surface area contributed by atoms with Crippen LogP contribution in [0.5, 0.6) is 5.75 Å². The van der Waals surface area contributed by atoms with Crippen molar-refractivity contribution >= 4 is 34.8 Å². The largest absolute Gasteiger partial charge is 0.505 e. The molecule has 4 rings (SSSR count). The van der Waals surface area contributed by atoms with E-state index >= 15 is 0 Å². The highest BCUT2D eigenvalue weighted by atomic mass is 35.5. The molecule has 2 aromatic carbocycles. The molecule has 156 valence electrons. The molecule has 1 aliphatic rings. The molecule has 1 saturated heterocycles. The van der Waals surface area contributed by atoms with Crippen molar-refractivity contribution in [1.82, 2.24) is 20.1 Å². The van der Waals surface area contributed by atoms with Gasteiger partial charge in [0.05, 0.1) is 15.7 Å². The smallest absolute Gasteiger partial charge is 0.291 e. The maximum atomic E-state index is 12.4. The number of amides is 1. The van der Waals surface area contributed by atoms with Gasteiger partial charge in [0.15, 0.2) is 5.75 Å². The first-order valence-electron chi connectivity index (χ1n) is 9.73. The summed E-state index contributed by atoms with van der Waals surface area (Å²) in [6.45, 7) is 2.58. The first-order chi connectivity index (χ1) is 14.5. The zero-order chi connectivity index (χ0) is 21.1. The molecule has 30 heavy (non-hydrogen) atoms. The fourth-order valence-corrected chi connectivity index (χ4v) is 3.89. The zero-order valence-corrected chi connectivity index (χ0v) is 17.7. The van der Waals surface area contributed by atoms with Crippen LogP contribution in [0.25, 0.3) is 5.69 Å². The van der Waals surface area contributed by atoms with E-state index in [2.05, 4.69) is 32.4 Å². The van der Waals surface area contributed by atoms with Crippen LogP contribution in [0.3, 0.4) is 0 Å². The number of aromatic hydroxyl groups is 1. The minimum absolute atomic E-state index is 0.0280. The minimum Gasteiger partial charge on any atom is -0.505 e. The number of halogens is 2. The van der Waals surface area contributed by atoms with E-state index in [4.69, 9.17) is 23.2 Å². The molecular formula is C21H21Cl2N5O2. The highest BCUT2D eigenvalue weighted by Gasteiger charge is 2.15. The maximum absolute atomic E-state index is 12.4. The standard InChI is InChI=1S/C21H21Cl2N5O2/c22-17-10-16(11-18(23)19(17)29)28-13-25-20(26-28)21(30)24-12-14-4-6-15(7-5-14)27-8-2-1-3-9-27/h4-7,10-11,13,29H,1-3,8-9,12H2,(H,24,30). The van der Waals surface area contributed by atoms with Gasteiger partial charge in [0.25, 0.3) is 5.91 Å². The molecule has 0 radical (unpaired) electrons. The van der Waals surface area contributed by atoms with Crippen molar-refractivity contribution in [3.8, 4) is 11.4 Å². The normalized spacial score (nSPS) is 14.0. The fourth-order valence-electron chi connectivity index (χ4n) is 3.41. The Morgan fingerprint density at radius 2 is 1.70 bits per heavy atom. The molecule has 1 aromatic heterocycles. The first-order valence-corrected chi connectivity index (χ1v) is 10.5. The Morgan fingerprint density at radius 1 is 1.03 bits per heavy atom. The number of piperidine rings is 1. The number of rotatable bonds is 5. The number of hydrogen-bond donors (Lipinski definition) is 2. The number of anilines is 1. The molecule has 0 unspecified atom stereocenters. The quantitative estimate of drug-likeness (QED) is 0.614. The number of carbonyl (C=O) groups is 1. The Hall–Kier alpha value is -2.77. The average Bonchev–Trinajstić information content (AvgIpc) is 3.27. The van der Waals surface area contributed by atoms with Crippen LogP contribution < -0.4 is 10.2 Å². The minimum atomic E-state index is -0.384. The Morgan fingerprint density at radius 3 is 2.37 bits per heavy atom. The summed E-state index contributed by atoms with van der Waals surface area (Å²) in [5.41, 5.74) is 2.71. The Labute approximate surface area is 184 Å². The van der Waals surface area contributed by atoms with E-state index in [1.54, 1.807) is 0 Å². The molecule has 1 aliphatic heterocycles. The van der Waals surface area contributed by atoms with E-state index in [-0.39, 0.29) is 27.5 Å². The van der Waals surface area contributed by atoms with Gasteiger partial charge in [-0.05, 0) is 49.1 Å². The van der Waals surface area contributed by atoms with E-state index in [1.807, 2.05) is 12.1 Å². The lowest BCUT2D eigenvalue weighted by atomic mass is 10.1. The topological polar surface area (TPSA) is 83.3 Å². The van der Waals surface area contributed by atoms with E-state index in [1.165, 1.54) is 48.1 Å². The summed E-state index contributed by atoms with van der Waals surface area (Å²) < 4.78 is 1.37. The van der Waals surface area contributed by atoms with Crippen molar-refractivity contribution in [2.45, 2.75) is 25.8 Å². The van der Waals surface area contributed by atoms with Crippen LogP contribution in [0.1, 0.15) is 35.4 Å². The molecular weight excluding hydrogens is 425 g/mol. The number of nitrogens with zero attached hydrogens (tertiary/aromatic N) is 4. The van der Waals surface area contributed by atoms with Gasteiger partial charge in [-0.2, -0.15) is 0 Å². The number of benzene rings is 2. The first kappa shape index (κ1) is 20.5. The van der Waals surface area contributed by atoms with Crippen molar-refractivity contribution in [3.05, 3.63) is 64.2 Å². The Bertz CT molecular complexity index is 1020. The second kappa shape index (κ2) is 8.93. The number of phenols is 1. The molecule has 0 spiro atoms. The summed E-state index contributed by atoms with van der Waals surface area (Å²) in [5, 5.41) is 16.8. The van der Waals surface area contributed by atoms with Gasteiger partial charge in [0.2, 0.25) is 5.82 Å². The monoisotopic (exact) mass is 445 g/mol. The van der Waals surface area contributed by atoms with Crippen LogP contribution in [0.2, 0.25) is 10.0 Å². The second-order valence-corrected chi connectivity index (χ2v) is 7.98. The molecule has 0 saturated carbocycles. The van der Waals surface area contributed by atoms with Gasteiger partial charge in [-0.25, -0.2) is 9.67 Å². The highest BCUT2D eigenvalue weighted by Crippen LogP contribution is 2.33. The van der Waals surface area contributed by atoms with Crippen molar-refractivity contribution in [2.75, 3.05) is 18.0 Å². The summed E-state index contributed by atoms with van der Waals surface area (Å²) in [7, 11) is 0. The highest BCUT2D eigenvalue weighted by molar-refractivity contribution is 6.37. The molecule has 2 N–H and O–H groups in total. The SMILES string of the molecule is O=C(NCc1ccc(N2CCCCC2)cc1)c1ncn(-c2cc(Cl)c(O)c(Cl)c2)n1. The van der Waals surface area contributed by atoms with E-state index in [0.717, 1.165) is 18.7 Å². The third-order valence-corrected chi connectivity index (χ3v) is 5.65. The Kier molecular flexibility index (Phi) is 6.11. The van der Waals surface area contributed by atoms with Crippen molar-refractivity contribution in [1.29, 1.82) is 0 Å². The molecule has 0 atom stereocenters. The summed E-state index contributed by atoms with van der Waals surface area (Å²) in [6.07, 6.45) is 5.17. The number of phenolic OH excluding ortho intramolecular Hbond substituents is 1. The summed E-state index contributed by atoms with van der Waals surface area (Å²) >= 11 is 11.9. The van der Waals surface area contributed by atoms with Gasteiger partial charge in [0, 0.05) is 25.3 Å². The van der Waals surface area contributed by atoms with Crippen molar-refractivity contribution in [3.63, 3.8) is 0 Å². The van der Waals surface area contributed by atoms with Crippen molar-refractivity contribution < 1.29 is 9.90 Å². The molecule has 0 bridgehead atoms. The van der Waals surface area contributed by atoms with Gasteiger partial charge in [-0.3, -0.25) is 4.79 Å². The number of aromatic nitrogens is 3. The van der Waals surface area contributed by atoms with E-state index in [0.29, 0.717) is 12.2 Å². The van der Waals surface area contributed by atoms with Crippen LogP contribution in [0.15, 0.2) is 42.7 Å².